The van der Waals surface area contributed by atoms with Gasteiger partial charge >= 0.3 is 0 Å². The Morgan fingerprint density at radius 1 is 1.31 bits per heavy atom. The summed E-state index contributed by atoms with van der Waals surface area (Å²) in [6.07, 6.45) is 3.36. The van der Waals surface area contributed by atoms with E-state index >= 15 is 0 Å². The Kier molecular flexibility index (Phi) is 11.1. The number of oxazole rings is 1. The van der Waals surface area contributed by atoms with Crippen LogP contribution < -0.4 is 10.6 Å². The van der Waals surface area contributed by atoms with Crippen LogP contribution in [-0.2, 0) is 11.3 Å². The van der Waals surface area contributed by atoms with Crippen LogP contribution in [0.2, 0.25) is 0 Å². The molecule has 1 fully saturated rings. The van der Waals surface area contributed by atoms with Gasteiger partial charge in [0, 0.05) is 33.9 Å². The van der Waals surface area contributed by atoms with E-state index in [-0.39, 0.29) is 24.0 Å². The predicted molar refractivity (Wildman–Crippen MR) is 115 cm³/mol. The lowest BCUT2D eigenvalue weighted by Gasteiger charge is -2.31. The minimum absolute atomic E-state index is 0. The second kappa shape index (κ2) is 12.5. The van der Waals surface area contributed by atoms with Gasteiger partial charge in [0.05, 0.1) is 12.2 Å². The molecule has 26 heavy (non-hydrogen) atoms. The van der Waals surface area contributed by atoms with Gasteiger partial charge in [-0.15, -0.1) is 24.0 Å². The number of hydrogen-bond acceptors (Lipinski definition) is 5. The van der Waals surface area contributed by atoms with E-state index in [2.05, 4.69) is 25.5 Å². The quantitative estimate of drug-likeness (QED) is 0.258. The Morgan fingerprint density at radius 3 is 2.62 bits per heavy atom. The van der Waals surface area contributed by atoms with Crippen LogP contribution in [0.25, 0.3) is 0 Å². The van der Waals surface area contributed by atoms with Crippen molar-refractivity contribution in [2.24, 2.45) is 10.9 Å². The fourth-order valence-corrected chi connectivity index (χ4v) is 3.03. The Bertz CT molecular complexity index is 522. The van der Waals surface area contributed by atoms with Crippen LogP contribution in [-0.4, -0.2) is 62.8 Å². The smallest absolute Gasteiger partial charge is 0.208 e. The first kappa shape index (κ1) is 23.2. The second-order valence-corrected chi connectivity index (χ2v) is 6.69. The van der Waals surface area contributed by atoms with Gasteiger partial charge < -0.3 is 19.8 Å². The topological polar surface area (TPSA) is 74.9 Å². The maximum atomic E-state index is 5.69. The van der Waals surface area contributed by atoms with E-state index in [1.807, 2.05) is 20.9 Å². The number of likely N-dealkylation sites (tertiary alicyclic amines) is 1. The van der Waals surface area contributed by atoms with Crippen LogP contribution >= 0.6 is 24.0 Å². The first-order valence-electron chi connectivity index (χ1n) is 9.21. The zero-order valence-corrected chi connectivity index (χ0v) is 18.8. The third-order valence-electron chi connectivity index (χ3n) is 4.74. The molecule has 1 aliphatic heterocycles. The van der Waals surface area contributed by atoms with Gasteiger partial charge in [-0.05, 0) is 52.1 Å². The number of aryl methyl sites for hydroxylation is 2. The molecule has 0 atom stereocenters. The van der Waals surface area contributed by atoms with E-state index in [1.165, 1.54) is 12.8 Å². The Hall–Kier alpha value is -0.870. The monoisotopic (exact) mass is 479 g/mol. The van der Waals surface area contributed by atoms with Gasteiger partial charge in [-0.25, -0.2) is 4.98 Å². The summed E-state index contributed by atoms with van der Waals surface area (Å²) < 4.78 is 10.8. The molecule has 1 aliphatic rings. The molecule has 0 saturated carbocycles. The summed E-state index contributed by atoms with van der Waals surface area (Å²) in [7, 11) is 3.54. The van der Waals surface area contributed by atoms with E-state index in [0.717, 1.165) is 69.1 Å². The summed E-state index contributed by atoms with van der Waals surface area (Å²) >= 11 is 0. The van der Waals surface area contributed by atoms with Crippen LogP contribution in [0.15, 0.2) is 9.41 Å². The molecule has 0 unspecified atom stereocenters. The van der Waals surface area contributed by atoms with E-state index in [1.54, 1.807) is 7.11 Å². The van der Waals surface area contributed by atoms with Crippen LogP contribution in [0.3, 0.4) is 0 Å². The van der Waals surface area contributed by atoms with Crippen molar-refractivity contribution in [3.63, 3.8) is 0 Å². The zero-order chi connectivity index (χ0) is 18.1. The number of guanidine groups is 1. The highest BCUT2D eigenvalue weighted by Crippen LogP contribution is 2.19. The van der Waals surface area contributed by atoms with Crippen molar-refractivity contribution >= 4 is 29.9 Å². The molecule has 150 valence electrons. The molecule has 8 heteroatoms. The molecule has 0 aliphatic carbocycles. The molecule has 0 amide bonds. The van der Waals surface area contributed by atoms with Crippen molar-refractivity contribution in [3.8, 4) is 0 Å². The van der Waals surface area contributed by atoms with Gasteiger partial charge in [0.2, 0.25) is 5.89 Å². The molecule has 2 N–H and O–H groups in total. The maximum absolute atomic E-state index is 5.69. The highest BCUT2D eigenvalue weighted by Gasteiger charge is 2.21. The van der Waals surface area contributed by atoms with Gasteiger partial charge in [-0.2, -0.15) is 0 Å². The first-order valence-corrected chi connectivity index (χ1v) is 9.21. The number of ether oxygens (including phenoxy) is 1. The molecule has 0 spiro atoms. The predicted octanol–water partition coefficient (Wildman–Crippen LogP) is 2.32. The normalized spacial score (nSPS) is 16.4. The largest absolute Gasteiger partial charge is 0.444 e. The summed E-state index contributed by atoms with van der Waals surface area (Å²) in [6, 6.07) is 0. The van der Waals surface area contributed by atoms with Crippen molar-refractivity contribution in [3.05, 3.63) is 17.3 Å². The van der Waals surface area contributed by atoms with E-state index < -0.39 is 0 Å². The van der Waals surface area contributed by atoms with Crippen LogP contribution in [0.1, 0.15) is 36.6 Å². The lowest BCUT2D eigenvalue weighted by molar-refractivity contribution is 0.164. The number of methoxy groups -OCH3 is 1. The first-order chi connectivity index (χ1) is 12.1. The summed E-state index contributed by atoms with van der Waals surface area (Å²) in [4.78, 5) is 11.2. The lowest BCUT2D eigenvalue weighted by Crippen LogP contribution is -2.43. The fourth-order valence-electron chi connectivity index (χ4n) is 3.03. The molecule has 0 bridgehead atoms. The van der Waals surface area contributed by atoms with Crippen molar-refractivity contribution in [1.29, 1.82) is 0 Å². The van der Waals surface area contributed by atoms with Crippen molar-refractivity contribution < 1.29 is 9.15 Å². The number of halogens is 1. The van der Waals surface area contributed by atoms with Gasteiger partial charge in [0.1, 0.15) is 5.76 Å². The Labute approximate surface area is 174 Å². The van der Waals surface area contributed by atoms with Gasteiger partial charge in [0.25, 0.3) is 0 Å². The standard InChI is InChI=1S/C18H33N5O2.HI/c1-14-15(2)25-17(22-14)13-23-9-6-16(7-10-23)12-21-18(19-3)20-8-5-11-24-4;/h16H,5-13H2,1-4H3,(H2,19,20,21);1H. The molecule has 0 aromatic carbocycles. The third-order valence-corrected chi connectivity index (χ3v) is 4.74. The molecule has 0 radical (unpaired) electrons. The maximum Gasteiger partial charge on any atom is 0.208 e. The van der Waals surface area contributed by atoms with Gasteiger partial charge in [-0.1, -0.05) is 0 Å². The average molecular weight is 479 g/mol. The molecule has 7 nitrogen and oxygen atoms in total. The second-order valence-electron chi connectivity index (χ2n) is 6.69. The van der Waals surface area contributed by atoms with Crippen molar-refractivity contribution in [2.75, 3.05) is 46.9 Å². The van der Waals surface area contributed by atoms with Crippen molar-refractivity contribution in [2.45, 2.75) is 39.7 Å². The molecule has 1 aromatic rings. The minimum atomic E-state index is 0. The summed E-state index contributed by atoms with van der Waals surface area (Å²) in [5.74, 6) is 3.33. The highest BCUT2D eigenvalue weighted by molar-refractivity contribution is 14.0. The van der Waals surface area contributed by atoms with E-state index in [9.17, 15) is 0 Å². The van der Waals surface area contributed by atoms with Crippen LogP contribution in [0.4, 0.5) is 0 Å². The molecule has 1 saturated heterocycles. The Balaban J connectivity index is 0.00000338. The summed E-state index contributed by atoms with van der Waals surface area (Å²) in [6.45, 7) is 9.58. The average Bonchev–Trinajstić information content (AvgIpc) is 2.93. The summed E-state index contributed by atoms with van der Waals surface area (Å²) in [5, 5.41) is 6.76. The lowest BCUT2D eigenvalue weighted by atomic mass is 9.97. The number of nitrogens with zero attached hydrogens (tertiary/aromatic N) is 3. The van der Waals surface area contributed by atoms with Crippen LogP contribution in [0.5, 0.6) is 0 Å². The summed E-state index contributed by atoms with van der Waals surface area (Å²) in [5.41, 5.74) is 0.999. The number of piperidine rings is 1. The van der Waals surface area contributed by atoms with Gasteiger partial charge in [0.15, 0.2) is 5.96 Å². The van der Waals surface area contributed by atoms with E-state index in [4.69, 9.17) is 9.15 Å². The Morgan fingerprint density at radius 2 is 2.04 bits per heavy atom. The fraction of sp³-hybridized carbons (Fsp3) is 0.778. The van der Waals surface area contributed by atoms with E-state index in [0.29, 0.717) is 5.92 Å². The number of nitrogens with one attached hydrogen (secondary N) is 2. The van der Waals surface area contributed by atoms with Gasteiger partial charge in [-0.3, -0.25) is 9.89 Å². The number of rotatable bonds is 8. The van der Waals surface area contributed by atoms with Crippen LogP contribution in [0, 0.1) is 19.8 Å². The number of aromatic nitrogens is 1. The third kappa shape index (κ3) is 7.79. The molecule has 2 rings (SSSR count). The number of aliphatic imine (C=N–C) groups is 1. The highest BCUT2D eigenvalue weighted by atomic mass is 127. The number of hydrogen-bond donors (Lipinski definition) is 2. The zero-order valence-electron chi connectivity index (χ0n) is 16.5. The minimum Gasteiger partial charge on any atom is -0.444 e. The molecular formula is C18H34IN5O2. The molecule has 2 heterocycles. The van der Waals surface area contributed by atoms with Crippen molar-refractivity contribution in [1.82, 2.24) is 20.5 Å². The SMILES string of the molecule is CN=C(NCCCOC)NCC1CCN(Cc2nc(C)c(C)o2)CC1.I. The molecular weight excluding hydrogens is 445 g/mol. The molecule has 1 aromatic heterocycles.